The fourth-order valence-corrected chi connectivity index (χ4v) is 3.94. The molecule has 0 radical (unpaired) electrons. The van der Waals surface area contributed by atoms with Gasteiger partial charge in [-0.2, -0.15) is 13.2 Å². The van der Waals surface area contributed by atoms with Crippen LogP contribution in [0.3, 0.4) is 0 Å². The predicted octanol–water partition coefficient (Wildman–Crippen LogP) is 4.28. The van der Waals surface area contributed by atoms with Gasteiger partial charge >= 0.3 is 6.18 Å². The van der Waals surface area contributed by atoms with Gasteiger partial charge in [-0.15, -0.1) is 0 Å². The van der Waals surface area contributed by atoms with Gasteiger partial charge in [-0.05, 0) is 56.0 Å². The van der Waals surface area contributed by atoms with Crippen molar-refractivity contribution >= 4 is 9.84 Å². The van der Waals surface area contributed by atoms with Crippen molar-refractivity contribution in [3.63, 3.8) is 0 Å². The fraction of sp³-hybridized carbons (Fsp3) is 0.455. The van der Waals surface area contributed by atoms with Gasteiger partial charge < -0.3 is 10.4 Å². The molecule has 0 aromatic heterocycles. The smallest absolute Gasteiger partial charge is 0.387 e. The molecule has 2 aromatic carbocycles. The molecule has 0 saturated carbocycles. The Morgan fingerprint density at radius 1 is 1.00 bits per heavy atom. The molecule has 2 atom stereocenters. The third-order valence-electron chi connectivity index (χ3n) is 4.91. The number of hydrogen-bond acceptors (Lipinski definition) is 4. The summed E-state index contributed by atoms with van der Waals surface area (Å²) in [5.74, 6) is 0.00192. The zero-order chi connectivity index (χ0) is 22.5. The van der Waals surface area contributed by atoms with Crippen LogP contribution in [-0.2, 0) is 28.2 Å². The standard InChI is InChI=1S/C22H28F3NO3S/c1-15(2)30(28,29)14-18-9-7-17(8-10-18)11-16(3)26-13-21(27)19-5-4-6-20(12-19)22(23,24)25/h4-10,12,15-16,21,26-27H,11,13-14H2,1-3H3. The summed E-state index contributed by atoms with van der Waals surface area (Å²) in [5.41, 5.74) is 1.15. The Labute approximate surface area is 176 Å². The van der Waals surface area contributed by atoms with Crippen molar-refractivity contribution in [2.75, 3.05) is 6.54 Å². The average Bonchev–Trinajstić information content (AvgIpc) is 2.66. The molecule has 2 rings (SSSR count). The number of halogens is 3. The lowest BCUT2D eigenvalue weighted by molar-refractivity contribution is -0.137. The molecule has 30 heavy (non-hydrogen) atoms. The Morgan fingerprint density at radius 2 is 1.60 bits per heavy atom. The maximum absolute atomic E-state index is 12.8. The highest BCUT2D eigenvalue weighted by Crippen LogP contribution is 2.30. The molecule has 0 heterocycles. The maximum atomic E-state index is 12.8. The monoisotopic (exact) mass is 443 g/mol. The van der Waals surface area contributed by atoms with Gasteiger partial charge in [0, 0.05) is 12.6 Å². The summed E-state index contributed by atoms with van der Waals surface area (Å²) >= 11 is 0. The lowest BCUT2D eigenvalue weighted by Crippen LogP contribution is -2.32. The molecule has 0 amide bonds. The highest BCUT2D eigenvalue weighted by Gasteiger charge is 2.30. The van der Waals surface area contributed by atoms with E-state index >= 15 is 0 Å². The van der Waals surface area contributed by atoms with Crippen LogP contribution in [0.25, 0.3) is 0 Å². The largest absolute Gasteiger partial charge is 0.416 e. The first-order chi connectivity index (χ1) is 13.9. The second kappa shape index (κ2) is 9.94. The Morgan fingerprint density at radius 3 is 2.17 bits per heavy atom. The van der Waals surface area contributed by atoms with Crippen LogP contribution in [0.1, 0.15) is 49.1 Å². The summed E-state index contributed by atoms with van der Waals surface area (Å²) in [6.45, 7) is 5.35. The van der Waals surface area contributed by atoms with Crippen LogP contribution in [0.5, 0.6) is 0 Å². The van der Waals surface area contributed by atoms with E-state index in [0.717, 1.165) is 23.3 Å². The van der Waals surface area contributed by atoms with Gasteiger partial charge in [-0.1, -0.05) is 36.4 Å². The van der Waals surface area contributed by atoms with Crippen LogP contribution in [0.2, 0.25) is 0 Å². The molecule has 0 aliphatic rings. The third-order valence-corrected chi connectivity index (χ3v) is 7.08. The molecule has 0 aliphatic carbocycles. The highest BCUT2D eigenvalue weighted by atomic mass is 32.2. The van der Waals surface area contributed by atoms with Crippen molar-refractivity contribution in [3.8, 4) is 0 Å². The molecule has 0 bridgehead atoms. The minimum atomic E-state index is -4.45. The molecule has 0 spiro atoms. The quantitative estimate of drug-likeness (QED) is 0.607. The van der Waals surface area contributed by atoms with Gasteiger partial charge in [-0.25, -0.2) is 8.42 Å². The average molecular weight is 444 g/mol. The number of sulfone groups is 1. The molecule has 0 saturated heterocycles. The van der Waals surface area contributed by atoms with Gasteiger partial charge in [0.15, 0.2) is 9.84 Å². The zero-order valence-electron chi connectivity index (χ0n) is 17.3. The van der Waals surface area contributed by atoms with Crippen LogP contribution >= 0.6 is 0 Å². The van der Waals surface area contributed by atoms with E-state index in [0.29, 0.717) is 6.42 Å². The summed E-state index contributed by atoms with van der Waals surface area (Å²) in [7, 11) is -3.15. The first-order valence-corrected chi connectivity index (χ1v) is 11.5. The minimum absolute atomic E-state index is 0.00192. The van der Waals surface area contributed by atoms with Gasteiger partial charge in [0.1, 0.15) is 0 Å². The van der Waals surface area contributed by atoms with E-state index in [2.05, 4.69) is 5.32 Å². The Kier molecular flexibility index (Phi) is 8.07. The first-order valence-electron chi connectivity index (χ1n) is 9.76. The lowest BCUT2D eigenvalue weighted by atomic mass is 10.0. The number of aliphatic hydroxyl groups excluding tert-OH is 1. The van der Waals surface area contributed by atoms with Crippen molar-refractivity contribution in [3.05, 3.63) is 70.8 Å². The molecule has 4 nitrogen and oxygen atoms in total. The summed E-state index contributed by atoms with van der Waals surface area (Å²) in [6.07, 6.45) is -4.87. The Bertz CT molecular complexity index is 925. The predicted molar refractivity (Wildman–Crippen MR) is 112 cm³/mol. The first kappa shape index (κ1) is 24.4. The van der Waals surface area contributed by atoms with Crippen LogP contribution in [0.4, 0.5) is 13.2 Å². The highest BCUT2D eigenvalue weighted by molar-refractivity contribution is 7.91. The molecule has 0 fully saturated rings. The summed E-state index contributed by atoms with van der Waals surface area (Å²) in [6, 6.07) is 12.0. The maximum Gasteiger partial charge on any atom is 0.416 e. The zero-order valence-corrected chi connectivity index (χ0v) is 18.1. The third kappa shape index (κ3) is 7.11. The van der Waals surface area contributed by atoms with Crippen molar-refractivity contribution in [1.82, 2.24) is 5.32 Å². The van der Waals surface area contributed by atoms with E-state index in [9.17, 15) is 26.7 Å². The van der Waals surface area contributed by atoms with Crippen LogP contribution in [0.15, 0.2) is 48.5 Å². The molecule has 2 N–H and O–H groups in total. The number of nitrogens with one attached hydrogen (secondary N) is 1. The van der Waals surface area contributed by atoms with Crippen molar-refractivity contribution < 1.29 is 26.7 Å². The second-order valence-corrected chi connectivity index (χ2v) is 10.4. The molecule has 166 valence electrons. The fourth-order valence-electron chi connectivity index (χ4n) is 2.95. The topological polar surface area (TPSA) is 66.4 Å². The van der Waals surface area contributed by atoms with Gasteiger partial charge in [0.05, 0.1) is 22.7 Å². The summed E-state index contributed by atoms with van der Waals surface area (Å²) < 4.78 is 62.5. The van der Waals surface area contributed by atoms with E-state index in [1.54, 1.807) is 26.0 Å². The van der Waals surface area contributed by atoms with Crippen molar-refractivity contribution in [2.24, 2.45) is 0 Å². The Balaban J connectivity index is 1.89. The normalized spacial score (nSPS) is 14.7. The van der Waals surface area contributed by atoms with Gasteiger partial charge in [0.25, 0.3) is 0 Å². The molecule has 2 aromatic rings. The number of hydrogen-bond donors (Lipinski definition) is 2. The lowest BCUT2D eigenvalue weighted by Gasteiger charge is -2.18. The number of alkyl halides is 3. The van der Waals surface area contributed by atoms with E-state index in [4.69, 9.17) is 0 Å². The molecular weight excluding hydrogens is 415 g/mol. The molecular formula is C22H28F3NO3S. The summed E-state index contributed by atoms with van der Waals surface area (Å²) in [5, 5.41) is 12.9. The van der Waals surface area contributed by atoms with E-state index in [1.807, 2.05) is 19.1 Å². The number of benzene rings is 2. The summed E-state index contributed by atoms with van der Waals surface area (Å²) in [4.78, 5) is 0. The number of aliphatic hydroxyl groups is 1. The molecule has 0 aliphatic heterocycles. The van der Waals surface area contributed by atoms with Crippen LogP contribution < -0.4 is 5.32 Å². The minimum Gasteiger partial charge on any atom is -0.387 e. The second-order valence-electron chi connectivity index (χ2n) is 7.82. The van der Waals surface area contributed by atoms with Gasteiger partial charge in [0.2, 0.25) is 0 Å². The van der Waals surface area contributed by atoms with Gasteiger partial charge in [-0.3, -0.25) is 0 Å². The SMILES string of the molecule is CC(Cc1ccc(CS(=O)(=O)C(C)C)cc1)NCC(O)c1cccc(C(F)(F)F)c1. The number of rotatable bonds is 9. The van der Waals surface area contributed by atoms with Crippen molar-refractivity contribution in [2.45, 2.75) is 56.5 Å². The van der Waals surface area contributed by atoms with E-state index < -0.39 is 32.9 Å². The Hall–Kier alpha value is -1.90. The van der Waals surface area contributed by atoms with Crippen molar-refractivity contribution in [1.29, 1.82) is 0 Å². The molecule has 8 heteroatoms. The van der Waals surface area contributed by atoms with Crippen LogP contribution in [0, 0.1) is 0 Å². The van der Waals surface area contributed by atoms with E-state index in [-0.39, 0.29) is 23.9 Å². The van der Waals surface area contributed by atoms with E-state index in [1.165, 1.54) is 12.1 Å². The van der Waals surface area contributed by atoms with Crippen LogP contribution in [-0.4, -0.2) is 31.4 Å². The molecule has 2 unspecified atom stereocenters.